The third-order valence-corrected chi connectivity index (χ3v) is 4.60. The van der Waals surface area contributed by atoms with E-state index in [1.54, 1.807) is 7.11 Å². The summed E-state index contributed by atoms with van der Waals surface area (Å²) in [5.74, 6) is -1.07. The summed E-state index contributed by atoms with van der Waals surface area (Å²) in [6.07, 6.45) is -1.11. The van der Waals surface area contributed by atoms with E-state index in [1.807, 2.05) is 17.5 Å². The number of ether oxygens (including phenoxy) is 1. The molecule has 2 aromatic rings. The molecular formula is C16H20F3N3O3S. The molecule has 144 valence electrons. The maximum absolute atomic E-state index is 10.6. The van der Waals surface area contributed by atoms with Crippen molar-refractivity contribution in [2.45, 2.75) is 25.8 Å². The van der Waals surface area contributed by atoms with Gasteiger partial charge in [0.25, 0.3) is 0 Å². The fraction of sp³-hybridized carbons (Fsp3) is 0.500. The minimum absolute atomic E-state index is 0.528. The summed E-state index contributed by atoms with van der Waals surface area (Å²) in [5, 5.41) is 9.26. The van der Waals surface area contributed by atoms with Gasteiger partial charge in [-0.1, -0.05) is 6.07 Å². The molecule has 0 spiro atoms. The topological polar surface area (TPSA) is 67.6 Å². The Morgan fingerprint density at radius 1 is 1.46 bits per heavy atom. The second-order valence-corrected chi connectivity index (χ2v) is 6.90. The zero-order valence-electron chi connectivity index (χ0n) is 14.1. The van der Waals surface area contributed by atoms with Gasteiger partial charge in [-0.2, -0.15) is 13.2 Å². The Balaban J connectivity index is 0.000000298. The van der Waals surface area contributed by atoms with Crippen LogP contribution in [0.15, 0.2) is 29.9 Å². The third kappa shape index (κ3) is 6.11. The van der Waals surface area contributed by atoms with Crippen LogP contribution in [0, 0.1) is 5.92 Å². The number of fused-ring (bicyclic) bond motifs is 1. The summed E-state index contributed by atoms with van der Waals surface area (Å²) in [6, 6.07) is 4.32. The number of nitrogens with zero attached hydrogens (tertiary/aromatic N) is 3. The number of thiophene rings is 1. The van der Waals surface area contributed by atoms with Crippen LogP contribution in [-0.2, 0) is 29.2 Å². The summed E-state index contributed by atoms with van der Waals surface area (Å²) in [5.41, 5.74) is 0. The highest BCUT2D eigenvalue weighted by Gasteiger charge is 2.38. The summed E-state index contributed by atoms with van der Waals surface area (Å²) >= 11 is 1.82. The highest BCUT2D eigenvalue weighted by molar-refractivity contribution is 7.09. The molecule has 3 rings (SSSR count). The van der Waals surface area contributed by atoms with E-state index in [0.29, 0.717) is 5.92 Å². The molecule has 0 saturated heterocycles. The number of aromatic nitrogens is 2. The van der Waals surface area contributed by atoms with Gasteiger partial charge in [0.1, 0.15) is 5.82 Å². The molecule has 10 heteroatoms. The lowest BCUT2D eigenvalue weighted by atomic mass is 10.1. The van der Waals surface area contributed by atoms with Gasteiger partial charge in [-0.25, -0.2) is 9.78 Å². The maximum Gasteiger partial charge on any atom is 0.490 e. The van der Waals surface area contributed by atoms with E-state index in [9.17, 15) is 13.2 Å². The van der Waals surface area contributed by atoms with Crippen molar-refractivity contribution >= 4 is 17.3 Å². The van der Waals surface area contributed by atoms with E-state index >= 15 is 0 Å². The normalized spacial score (nSPS) is 17.8. The van der Waals surface area contributed by atoms with Crippen LogP contribution in [0.1, 0.15) is 10.7 Å². The Morgan fingerprint density at radius 3 is 2.77 bits per heavy atom. The standard InChI is InChI=1S/C14H19N3OS.C2HF3O2/c1-18-11-12-7-16(9-13-3-2-6-19-13)10-14-15-4-5-17(14)8-12;3-2(4,5)1(6)7/h2-6,12H,7-11H2,1H3;(H,6,7). The van der Waals surface area contributed by atoms with Crippen LogP contribution in [0.4, 0.5) is 13.2 Å². The molecule has 26 heavy (non-hydrogen) atoms. The van der Waals surface area contributed by atoms with Crippen molar-refractivity contribution in [2.75, 3.05) is 20.3 Å². The van der Waals surface area contributed by atoms with Crippen LogP contribution < -0.4 is 0 Å². The number of halogens is 3. The Labute approximate surface area is 152 Å². The molecule has 1 aliphatic rings. The van der Waals surface area contributed by atoms with Crippen LogP contribution in [0.5, 0.6) is 0 Å². The molecule has 6 nitrogen and oxygen atoms in total. The smallest absolute Gasteiger partial charge is 0.475 e. The van der Waals surface area contributed by atoms with Gasteiger partial charge in [0.05, 0.1) is 13.2 Å². The molecule has 0 fully saturated rings. The van der Waals surface area contributed by atoms with Crippen LogP contribution in [0.2, 0.25) is 0 Å². The first-order chi connectivity index (χ1) is 12.3. The average molecular weight is 391 g/mol. The Morgan fingerprint density at radius 2 is 2.19 bits per heavy atom. The lowest BCUT2D eigenvalue weighted by Gasteiger charge is -2.22. The number of carbonyl (C=O) groups is 1. The van der Waals surface area contributed by atoms with Crippen molar-refractivity contribution in [3.63, 3.8) is 0 Å². The zero-order valence-corrected chi connectivity index (χ0v) is 15.0. The summed E-state index contributed by atoms with van der Waals surface area (Å²) in [7, 11) is 1.78. The lowest BCUT2D eigenvalue weighted by Crippen LogP contribution is -2.29. The van der Waals surface area contributed by atoms with Crippen molar-refractivity contribution in [3.05, 3.63) is 40.6 Å². The number of carboxylic acids is 1. The Kier molecular flexibility index (Phi) is 7.18. The predicted molar refractivity (Wildman–Crippen MR) is 89.7 cm³/mol. The number of hydrogen-bond acceptors (Lipinski definition) is 5. The van der Waals surface area contributed by atoms with Gasteiger partial charge in [-0.05, 0) is 11.4 Å². The largest absolute Gasteiger partial charge is 0.490 e. The van der Waals surface area contributed by atoms with E-state index in [4.69, 9.17) is 14.6 Å². The average Bonchev–Trinajstić information content (AvgIpc) is 3.17. The molecule has 1 unspecified atom stereocenters. The molecule has 0 bridgehead atoms. The Bertz CT molecular complexity index is 688. The lowest BCUT2D eigenvalue weighted by molar-refractivity contribution is -0.192. The minimum atomic E-state index is -5.08. The highest BCUT2D eigenvalue weighted by atomic mass is 32.1. The molecule has 0 radical (unpaired) electrons. The number of methoxy groups -OCH3 is 1. The van der Waals surface area contributed by atoms with Crippen molar-refractivity contribution in [1.82, 2.24) is 14.5 Å². The van der Waals surface area contributed by atoms with Crippen molar-refractivity contribution in [2.24, 2.45) is 5.92 Å². The molecule has 0 amide bonds. The molecule has 2 aromatic heterocycles. The fourth-order valence-electron chi connectivity index (χ4n) is 2.71. The Hall–Kier alpha value is -1.91. The summed E-state index contributed by atoms with van der Waals surface area (Å²) < 4.78 is 39.4. The first kappa shape index (κ1) is 20.4. The van der Waals surface area contributed by atoms with Crippen molar-refractivity contribution in [1.29, 1.82) is 0 Å². The number of rotatable bonds is 4. The van der Waals surface area contributed by atoms with Crippen molar-refractivity contribution < 1.29 is 27.8 Å². The predicted octanol–water partition coefficient (Wildman–Crippen LogP) is 2.86. The van der Waals surface area contributed by atoms with Crippen LogP contribution >= 0.6 is 11.3 Å². The van der Waals surface area contributed by atoms with Gasteiger partial charge in [-0.3, -0.25) is 4.90 Å². The van der Waals surface area contributed by atoms with Crippen molar-refractivity contribution in [3.8, 4) is 0 Å². The van der Waals surface area contributed by atoms with Crippen LogP contribution in [0.25, 0.3) is 0 Å². The number of carboxylic acid groups (broad SMARTS) is 1. The van der Waals surface area contributed by atoms with Gasteiger partial charge in [0.2, 0.25) is 0 Å². The van der Waals surface area contributed by atoms with Gasteiger partial charge in [-0.15, -0.1) is 11.3 Å². The first-order valence-corrected chi connectivity index (χ1v) is 8.71. The van der Waals surface area contributed by atoms with E-state index < -0.39 is 12.1 Å². The maximum atomic E-state index is 10.6. The zero-order chi connectivity index (χ0) is 19.2. The molecule has 1 atom stereocenters. The number of imidazole rings is 1. The minimum Gasteiger partial charge on any atom is -0.475 e. The molecule has 1 N–H and O–H groups in total. The van der Waals surface area contributed by atoms with Crippen LogP contribution in [0.3, 0.4) is 0 Å². The van der Waals surface area contributed by atoms with E-state index in [0.717, 1.165) is 38.6 Å². The summed E-state index contributed by atoms with van der Waals surface area (Å²) in [4.78, 5) is 17.3. The quantitative estimate of drug-likeness (QED) is 0.868. The molecule has 1 aliphatic heterocycles. The van der Waals surface area contributed by atoms with E-state index in [2.05, 4.69) is 38.2 Å². The second-order valence-electron chi connectivity index (χ2n) is 5.87. The second kappa shape index (κ2) is 9.15. The highest BCUT2D eigenvalue weighted by Crippen LogP contribution is 2.19. The molecular weight excluding hydrogens is 371 g/mol. The molecule has 3 heterocycles. The number of hydrogen-bond donors (Lipinski definition) is 1. The van der Waals surface area contributed by atoms with E-state index in [1.165, 1.54) is 4.88 Å². The van der Waals surface area contributed by atoms with E-state index in [-0.39, 0.29) is 0 Å². The fourth-order valence-corrected chi connectivity index (χ4v) is 3.45. The number of aliphatic carboxylic acids is 1. The summed E-state index contributed by atoms with van der Waals surface area (Å²) in [6.45, 7) is 4.80. The number of alkyl halides is 3. The third-order valence-electron chi connectivity index (χ3n) is 3.74. The molecule has 0 aromatic carbocycles. The SMILES string of the molecule is COCC1CN(Cc2cccs2)Cc2nccn2C1.O=C(O)C(F)(F)F. The molecule has 0 aliphatic carbocycles. The van der Waals surface area contributed by atoms with Gasteiger partial charge >= 0.3 is 12.1 Å². The van der Waals surface area contributed by atoms with Gasteiger partial charge in [0, 0.05) is 49.9 Å². The van der Waals surface area contributed by atoms with Gasteiger partial charge < -0.3 is 14.4 Å². The molecule has 0 saturated carbocycles. The van der Waals surface area contributed by atoms with Gasteiger partial charge in [0.15, 0.2) is 0 Å². The monoisotopic (exact) mass is 391 g/mol. The first-order valence-electron chi connectivity index (χ1n) is 7.83. The van der Waals surface area contributed by atoms with Crippen LogP contribution in [-0.4, -0.2) is 52.0 Å².